The summed E-state index contributed by atoms with van der Waals surface area (Å²) in [5.74, 6) is 0. The smallest absolute Gasteiger partial charge is 0.238 e. The number of nitrogens with one attached hydrogen (secondary N) is 1. The molecule has 0 spiro atoms. The lowest BCUT2D eigenvalue weighted by atomic mass is 10.0. The molecule has 0 amide bonds. The molecule has 3 N–H and O–H groups in total. The summed E-state index contributed by atoms with van der Waals surface area (Å²) in [7, 11) is -3.71. The monoisotopic (exact) mass is 250 g/mol. The Balaban J connectivity index is 2.78. The molecule has 0 aliphatic carbocycles. The highest BCUT2D eigenvalue weighted by atomic mass is 32.2. The van der Waals surface area contributed by atoms with E-state index in [0.29, 0.717) is 5.56 Å². The minimum atomic E-state index is -3.71. The van der Waals surface area contributed by atoms with Gasteiger partial charge in [-0.3, -0.25) is 0 Å². The Morgan fingerprint density at radius 2 is 2.06 bits per heavy atom. The normalized spacial score (nSPS) is 11.6. The van der Waals surface area contributed by atoms with Crippen molar-refractivity contribution in [1.29, 1.82) is 0 Å². The number of hydrogen-bond donors (Lipinski definition) is 2. The van der Waals surface area contributed by atoms with Gasteiger partial charge in [-0.1, -0.05) is 19.1 Å². The summed E-state index contributed by atoms with van der Waals surface area (Å²) in [5, 5.41) is 5.25. The highest BCUT2D eigenvalue weighted by molar-refractivity contribution is 7.89. The zero-order valence-electron chi connectivity index (χ0n) is 9.47. The number of aromatic amines is 1. The number of benzene rings is 1. The van der Waals surface area contributed by atoms with Gasteiger partial charge in [0.25, 0.3) is 0 Å². The third kappa shape index (κ3) is 2.25. The van der Waals surface area contributed by atoms with Crippen LogP contribution in [0, 0.1) is 0 Å². The number of H-pyrrole nitrogens is 1. The van der Waals surface area contributed by atoms with Gasteiger partial charge in [0, 0.05) is 23.5 Å². The van der Waals surface area contributed by atoms with E-state index in [4.69, 9.17) is 5.14 Å². The van der Waals surface area contributed by atoms with Gasteiger partial charge in [-0.25, -0.2) is 13.6 Å². The molecule has 2 rings (SSSR count). The fourth-order valence-electron chi connectivity index (χ4n) is 1.92. The molecule has 1 aromatic carbocycles. The quantitative estimate of drug-likeness (QED) is 0.872. The van der Waals surface area contributed by atoms with Gasteiger partial charge in [-0.15, -0.1) is 0 Å². The average molecular weight is 250 g/mol. The molecule has 0 atom stereocenters. The van der Waals surface area contributed by atoms with Crippen LogP contribution < -0.4 is 5.14 Å². The van der Waals surface area contributed by atoms with Gasteiger partial charge < -0.3 is 4.98 Å². The highest BCUT2D eigenvalue weighted by Crippen LogP contribution is 2.30. The zero-order chi connectivity index (χ0) is 12.5. The first-order chi connectivity index (χ1) is 8.04. The predicted molar refractivity (Wildman–Crippen MR) is 67.0 cm³/mol. The van der Waals surface area contributed by atoms with E-state index in [0.717, 1.165) is 17.5 Å². The van der Waals surface area contributed by atoms with Gasteiger partial charge in [-0.2, -0.15) is 0 Å². The number of rotatable bonds is 3. The second-order valence-electron chi connectivity index (χ2n) is 3.79. The first kappa shape index (κ1) is 11.9. The summed E-state index contributed by atoms with van der Waals surface area (Å²) in [6.07, 6.45) is 4.28. The first-order valence-corrected chi connectivity index (χ1v) is 6.86. The fourth-order valence-corrected chi connectivity index (χ4v) is 2.72. The van der Waals surface area contributed by atoms with Crippen molar-refractivity contribution in [3.63, 3.8) is 0 Å². The van der Waals surface area contributed by atoms with Crippen molar-refractivity contribution >= 4 is 10.0 Å². The second kappa shape index (κ2) is 4.35. The van der Waals surface area contributed by atoms with Gasteiger partial charge in [0.15, 0.2) is 0 Å². The summed E-state index contributed by atoms with van der Waals surface area (Å²) in [4.78, 5) is 3.10. The van der Waals surface area contributed by atoms with Crippen LogP contribution in [0.3, 0.4) is 0 Å². The Hall–Kier alpha value is -1.59. The Kier molecular flexibility index (Phi) is 3.04. The fraction of sp³-hybridized carbons (Fsp3) is 0.167. The Morgan fingerprint density at radius 1 is 1.29 bits per heavy atom. The molecule has 0 radical (unpaired) electrons. The lowest BCUT2D eigenvalue weighted by Crippen LogP contribution is -2.14. The molecule has 0 unspecified atom stereocenters. The summed E-state index contributed by atoms with van der Waals surface area (Å²) in [5.41, 5.74) is 2.50. The number of primary sulfonamides is 1. The first-order valence-electron chi connectivity index (χ1n) is 5.32. The zero-order valence-corrected chi connectivity index (χ0v) is 10.3. The number of hydrogen-bond acceptors (Lipinski definition) is 2. The number of nitrogens with two attached hydrogens (primary N) is 1. The molecule has 0 aliphatic heterocycles. The third-order valence-corrected chi connectivity index (χ3v) is 3.64. The standard InChI is InChI=1S/C12H14N2O2S/c1-2-9-4-3-5-11(17(13,15)16)12(9)10-6-7-14-8-10/h3-8,14H,2H2,1H3,(H2,13,15,16). The molecule has 90 valence electrons. The minimum absolute atomic E-state index is 0.177. The summed E-state index contributed by atoms with van der Waals surface area (Å²) in [6.45, 7) is 1.98. The Bertz CT molecular complexity index is 616. The van der Waals surface area contributed by atoms with Crippen LogP contribution in [0.2, 0.25) is 0 Å². The molecule has 2 aromatic rings. The molecule has 5 heteroatoms. The molecule has 1 aromatic heterocycles. The van der Waals surface area contributed by atoms with E-state index in [1.807, 2.05) is 19.1 Å². The van der Waals surface area contributed by atoms with Crippen molar-refractivity contribution < 1.29 is 8.42 Å². The molecular formula is C12H14N2O2S. The van der Waals surface area contributed by atoms with Crippen molar-refractivity contribution in [2.75, 3.05) is 0 Å². The summed E-state index contributed by atoms with van der Waals surface area (Å²) in [6, 6.07) is 7.01. The summed E-state index contributed by atoms with van der Waals surface area (Å²) >= 11 is 0. The largest absolute Gasteiger partial charge is 0.367 e. The molecule has 0 fully saturated rings. The highest BCUT2D eigenvalue weighted by Gasteiger charge is 2.17. The predicted octanol–water partition coefficient (Wildman–Crippen LogP) is 1.89. The van der Waals surface area contributed by atoms with Gasteiger partial charge in [0.2, 0.25) is 10.0 Å². The lowest BCUT2D eigenvalue weighted by molar-refractivity contribution is 0.598. The van der Waals surface area contributed by atoms with E-state index >= 15 is 0 Å². The van der Waals surface area contributed by atoms with Gasteiger partial charge in [-0.05, 0) is 24.1 Å². The maximum Gasteiger partial charge on any atom is 0.238 e. The van der Waals surface area contributed by atoms with Crippen LogP contribution in [0.5, 0.6) is 0 Å². The van der Waals surface area contributed by atoms with Crippen LogP contribution in [-0.2, 0) is 16.4 Å². The van der Waals surface area contributed by atoms with E-state index in [-0.39, 0.29) is 4.90 Å². The van der Waals surface area contributed by atoms with E-state index in [2.05, 4.69) is 4.98 Å². The maximum absolute atomic E-state index is 11.6. The van der Waals surface area contributed by atoms with Crippen molar-refractivity contribution in [2.45, 2.75) is 18.2 Å². The Labute approximate surface area is 101 Å². The molecule has 4 nitrogen and oxygen atoms in total. The van der Waals surface area contributed by atoms with Crippen LogP contribution in [-0.4, -0.2) is 13.4 Å². The minimum Gasteiger partial charge on any atom is -0.367 e. The van der Waals surface area contributed by atoms with Crippen molar-refractivity contribution in [3.05, 3.63) is 42.2 Å². The van der Waals surface area contributed by atoms with E-state index in [9.17, 15) is 8.42 Å². The molecule has 0 aliphatic rings. The SMILES string of the molecule is CCc1cccc(S(N)(=O)=O)c1-c1cc[nH]c1. The van der Waals surface area contributed by atoms with Crippen LogP contribution in [0.15, 0.2) is 41.6 Å². The van der Waals surface area contributed by atoms with Crippen molar-refractivity contribution in [2.24, 2.45) is 5.14 Å². The van der Waals surface area contributed by atoms with Crippen LogP contribution >= 0.6 is 0 Å². The third-order valence-electron chi connectivity index (χ3n) is 2.69. The number of aromatic nitrogens is 1. The second-order valence-corrected chi connectivity index (χ2v) is 5.32. The number of sulfonamides is 1. The summed E-state index contributed by atoms with van der Waals surface area (Å²) < 4.78 is 23.2. The molecule has 17 heavy (non-hydrogen) atoms. The molecule has 0 bridgehead atoms. The average Bonchev–Trinajstić information content (AvgIpc) is 2.80. The lowest BCUT2D eigenvalue weighted by Gasteiger charge is -2.11. The van der Waals surface area contributed by atoms with Gasteiger partial charge in [0.1, 0.15) is 0 Å². The van der Waals surface area contributed by atoms with Crippen molar-refractivity contribution in [3.8, 4) is 11.1 Å². The van der Waals surface area contributed by atoms with E-state index in [1.54, 1.807) is 18.5 Å². The number of aryl methyl sites for hydroxylation is 1. The molecule has 0 saturated carbocycles. The topological polar surface area (TPSA) is 76.0 Å². The Morgan fingerprint density at radius 3 is 2.59 bits per heavy atom. The van der Waals surface area contributed by atoms with Crippen LogP contribution in [0.1, 0.15) is 12.5 Å². The maximum atomic E-state index is 11.6. The van der Waals surface area contributed by atoms with Gasteiger partial charge in [0.05, 0.1) is 4.90 Å². The molecular weight excluding hydrogens is 236 g/mol. The van der Waals surface area contributed by atoms with Crippen LogP contribution in [0.25, 0.3) is 11.1 Å². The van der Waals surface area contributed by atoms with Gasteiger partial charge >= 0.3 is 0 Å². The van der Waals surface area contributed by atoms with E-state index in [1.165, 1.54) is 6.07 Å². The van der Waals surface area contributed by atoms with Crippen molar-refractivity contribution in [1.82, 2.24) is 4.98 Å². The molecule has 1 heterocycles. The van der Waals surface area contributed by atoms with E-state index < -0.39 is 10.0 Å². The van der Waals surface area contributed by atoms with Crippen LogP contribution in [0.4, 0.5) is 0 Å². The molecule has 0 saturated heterocycles.